The third-order valence-corrected chi connectivity index (χ3v) is 5.83. The number of carbonyl (C=O) groups is 3. The lowest BCUT2D eigenvalue weighted by Gasteiger charge is -2.32. The SMILES string of the molecule is CCCCCCCCC[C@@H](C(=O)N[C@H](C(=O)NCCOC)C(C)(C)C)[C@@H]1OC(C)(C)OC1=O. The number of ether oxygens (including phenoxy) is 3. The van der Waals surface area contributed by atoms with E-state index in [1.54, 1.807) is 21.0 Å². The highest BCUT2D eigenvalue weighted by molar-refractivity contribution is 5.92. The van der Waals surface area contributed by atoms with Crippen LogP contribution < -0.4 is 10.6 Å². The quantitative estimate of drug-likeness (QED) is 0.279. The van der Waals surface area contributed by atoms with Crippen LogP contribution in [0.2, 0.25) is 0 Å². The van der Waals surface area contributed by atoms with Crippen LogP contribution >= 0.6 is 0 Å². The fourth-order valence-corrected chi connectivity index (χ4v) is 3.97. The van der Waals surface area contributed by atoms with Crippen LogP contribution in [-0.4, -0.2) is 56.0 Å². The molecule has 0 aromatic carbocycles. The zero-order chi connectivity index (χ0) is 25.1. The lowest BCUT2D eigenvalue weighted by atomic mass is 9.85. The first kappa shape index (κ1) is 29.4. The summed E-state index contributed by atoms with van der Waals surface area (Å²) in [5.74, 6) is -2.95. The van der Waals surface area contributed by atoms with Gasteiger partial charge in [0, 0.05) is 27.5 Å². The predicted octanol–water partition coefficient (Wildman–Crippen LogP) is 3.71. The summed E-state index contributed by atoms with van der Waals surface area (Å²) < 4.78 is 16.1. The maximum atomic E-state index is 13.4. The van der Waals surface area contributed by atoms with Gasteiger partial charge in [0.05, 0.1) is 12.5 Å². The van der Waals surface area contributed by atoms with E-state index in [9.17, 15) is 14.4 Å². The second-order valence-electron chi connectivity index (χ2n) is 10.5. The number of cyclic esters (lactones) is 1. The van der Waals surface area contributed by atoms with E-state index in [-0.39, 0.29) is 11.8 Å². The number of rotatable bonds is 15. The van der Waals surface area contributed by atoms with Crippen molar-refractivity contribution in [3.63, 3.8) is 0 Å². The zero-order valence-electron chi connectivity index (χ0n) is 21.8. The number of hydrogen-bond donors (Lipinski definition) is 2. The summed E-state index contributed by atoms with van der Waals surface area (Å²) in [5.41, 5.74) is -0.521. The van der Waals surface area contributed by atoms with Gasteiger partial charge < -0.3 is 24.8 Å². The van der Waals surface area contributed by atoms with Crippen molar-refractivity contribution in [1.29, 1.82) is 0 Å². The van der Waals surface area contributed by atoms with Gasteiger partial charge in [-0.2, -0.15) is 0 Å². The van der Waals surface area contributed by atoms with Crippen molar-refractivity contribution in [2.24, 2.45) is 11.3 Å². The van der Waals surface area contributed by atoms with E-state index in [0.29, 0.717) is 19.6 Å². The Kier molecular flexibility index (Phi) is 12.4. The Labute approximate surface area is 199 Å². The fraction of sp³-hybridized carbons (Fsp3) is 0.880. The topological polar surface area (TPSA) is 103 Å². The van der Waals surface area contributed by atoms with Gasteiger partial charge in [0.15, 0.2) is 6.10 Å². The molecule has 0 aromatic heterocycles. The Balaban J connectivity index is 2.87. The monoisotopic (exact) mass is 470 g/mol. The van der Waals surface area contributed by atoms with Crippen molar-refractivity contribution >= 4 is 17.8 Å². The average molecular weight is 471 g/mol. The van der Waals surface area contributed by atoms with E-state index in [2.05, 4.69) is 17.6 Å². The van der Waals surface area contributed by atoms with Crippen molar-refractivity contribution in [3.05, 3.63) is 0 Å². The molecular formula is C25H46N2O6. The predicted molar refractivity (Wildman–Crippen MR) is 127 cm³/mol. The minimum Gasteiger partial charge on any atom is -0.432 e. The Hall–Kier alpha value is -1.67. The molecule has 1 aliphatic heterocycles. The Bertz CT molecular complexity index is 629. The van der Waals surface area contributed by atoms with Crippen molar-refractivity contribution in [3.8, 4) is 0 Å². The molecule has 192 valence electrons. The molecule has 2 amide bonds. The van der Waals surface area contributed by atoms with Crippen molar-refractivity contribution in [1.82, 2.24) is 10.6 Å². The molecular weight excluding hydrogens is 424 g/mol. The summed E-state index contributed by atoms with van der Waals surface area (Å²) in [6.07, 6.45) is 7.25. The molecule has 8 nitrogen and oxygen atoms in total. The molecule has 1 rings (SSSR count). The number of amides is 2. The average Bonchev–Trinajstić information content (AvgIpc) is 2.99. The Morgan fingerprint density at radius 2 is 1.67 bits per heavy atom. The van der Waals surface area contributed by atoms with E-state index in [0.717, 1.165) is 19.3 Å². The number of carbonyl (C=O) groups excluding carboxylic acids is 3. The smallest absolute Gasteiger partial charge is 0.338 e. The standard InChI is InChI=1S/C25H46N2O6/c1-8-9-10-11-12-13-14-15-18(19-23(30)33-25(5,6)32-19)21(28)27-20(24(2,3)4)22(29)26-16-17-31-7/h18-20H,8-17H2,1-7H3,(H,26,29)(H,27,28)/t18-,19+,20-/m1/s1. The molecule has 8 heteroatoms. The number of methoxy groups -OCH3 is 1. The van der Waals surface area contributed by atoms with Crippen molar-refractivity contribution in [2.75, 3.05) is 20.3 Å². The molecule has 3 atom stereocenters. The van der Waals surface area contributed by atoms with Crippen LogP contribution in [0.3, 0.4) is 0 Å². The second kappa shape index (κ2) is 13.9. The van der Waals surface area contributed by atoms with Gasteiger partial charge in [-0.25, -0.2) is 4.79 Å². The first-order valence-electron chi connectivity index (χ1n) is 12.4. The van der Waals surface area contributed by atoms with Crippen molar-refractivity contribution in [2.45, 2.75) is 111 Å². The first-order valence-corrected chi connectivity index (χ1v) is 12.4. The van der Waals surface area contributed by atoms with E-state index < -0.39 is 35.2 Å². The van der Waals surface area contributed by atoms with Gasteiger partial charge in [0.25, 0.3) is 0 Å². The summed E-state index contributed by atoms with van der Waals surface area (Å²) in [5, 5.41) is 5.70. The molecule has 1 heterocycles. The highest BCUT2D eigenvalue weighted by Gasteiger charge is 2.48. The first-order chi connectivity index (χ1) is 15.4. The molecule has 0 aromatic rings. The lowest BCUT2D eigenvalue weighted by Crippen LogP contribution is -2.56. The number of hydrogen-bond acceptors (Lipinski definition) is 6. The Morgan fingerprint density at radius 3 is 2.18 bits per heavy atom. The number of unbranched alkanes of at least 4 members (excludes halogenated alkanes) is 6. The van der Waals surface area contributed by atoms with Gasteiger partial charge >= 0.3 is 5.97 Å². The van der Waals surface area contributed by atoms with Crippen LogP contribution in [0.1, 0.15) is 92.9 Å². The van der Waals surface area contributed by atoms with Crippen LogP contribution in [0.4, 0.5) is 0 Å². The minimum atomic E-state index is -1.07. The minimum absolute atomic E-state index is 0.280. The van der Waals surface area contributed by atoms with Gasteiger partial charge in [0.2, 0.25) is 17.6 Å². The maximum Gasteiger partial charge on any atom is 0.338 e. The number of nitrogens with one attached hydrogen (secondary N) is 2. The van der Waals surface area contributed by atoms with Gasteiger partial charge in [-0.1, -0.05) is 72.6 Å². The molecule has 0 unspecified atom stereocenters. The molecule has 0 aliphatic carbocycles. The number of esters is 1. The lowest BCUT2D eigenvalue weighted by molar-refractivity contribution is -0.162. The molecule has 0 radical (unpaired) electrons. The Morgan fingerprint density at radius 1 is 1.06 bits per heavy atom. The second-order valence-corrected chi connectivity index (χ2v) is 10.5. The molecule has 0 bridgehead atoms. The highest BCUT2D eigenvalue weighted by Crippen LogP contribution is 2.31. The summed E-state index contributed by atoms with van der Waals surface area (Å²) in [7, 11) is 1.56. The van der Waals surface area contributed by atoms with Crippen LogP contribution in [0.5, 0.6) is 0 Å². The molecule has 0 saturated carbocycles. The zero-order valence-corrected chi connectivity index (χ0v) is 21.8. The van der Waals surface area contributed by atoms with E-state index in [1.165, 1.54) is 25.7 Å². The summed E-state index contributed by atoms with van der Waals surface area (Å²) in [4.78, 5) is 38.7. The molecule has 0 spiro atoms. The van der Waals surface area contributed by atoms with Gasteiger partial charge in [-0.15, -0.1) is 0 Å². The highest BCUT2D eigenvalue weighted by atomic mass is 16.8. The fourth-order valence-electron chi connectivity index (χ4n) is 3.97. The third-order valence-electron chi connectivity index (χ3n) is 5.83. The van der Waals surface area contributed by atoms with Crippen molar-refractivity contribution < 1.29 is 28.6 Å². The van der Waals surface area contributed by atoms with Crippen LogP contribution in [0.15, 0.2) is 0 Å². The largest absolute Gasteiger partial charge is 0.432 e. The normalized spacial score (nSPS) is 19.6. The molecule has 33 heavy (non-hydrogen) atoms. The maximum absolute atomic E-state index is 13.4. The van der Waals surface area contributed by atoms with E-state index in [1.807, 2.05) is 20.8 Å². The van der Waals surface area contributed by atoms with Crippen LogP contribution in [-0.2, 0) is 28.6 Å². The summed E-state index contributed by atoms with van der Waals surface area (Å²) in [6.45, 7) is 11.9. The third kappa shape index (κ3) is 10.4. The van der Waals surface area contributed by atoms with Gasteiger partial charge in [-0.05, 0) is 11.8 Å². The molecule has 1 saturated heterocycles. The van der Waals surface area contributed by atoms with E-state index >= 15 is 0 Å². The molecule has 2 N–H and O–H groups in total. The van der Waals surface area contributed by atoms with Gasteiger partial charge in [0.1, 0.15) is 6.04 Å². The van der Waals surface area contributed by atoms with Gasteiger partial charge in [-0.3, -0.25) is 9.59 Å². The van der Waals surface area contributed by atoms with E-state index in [4.69, 9.17) is 14.2 Å². The van der Waals surface area contributed by atoms with Crippen LogP contribution in [0.25, 0.3) is 0 Å². The molecule has 1 fully saturated rings. The van der Waals surface area contributed by atoms with Crippen LogP contribution in [0, 0.1) is 11.3 Å². The molecule has 1 aliphatic rings. The summed E-state index contributed by atoms with van der Waals surface area (Å²) >= 11 is 0. The summed E-state index contributed by atoms with van der Waals surface area (Å²) in [6, 6.07) is -0.760.